The number of hydrogen-bond acceptors (Lipinski definition) is 2. The first-order valence-electron chi connectivity index (χ1n) is 5.10. The van der Waals surface area contributed by atoms with Crippen LogP contribution in [0, 0.1) is 5.92 Å². The second-order valence-corrected chi connectivity index (χ2v) is 4.48. The minimum Gasteiger partial charge on any atom is -0.393 e. The number of rotatable bonds is 3. The van der Waals surface area contributed by atoms with Gasteiger partial charge < -0.3 is 10.6 Å². The van der Waals surface area contributed by atoms with E-state index in [-0.39, 0.29) is 11.8 Å². The summed E-state index contributed by atoms with van der Waals surface area (Å²) in [5, 5.41) is 0. The van der Waals surface area contributed by atoms with Gasteiger partial charge in [-0.05, 0) is 19.8 Å². The van der Waals surface area contributed by atoms with E-state index >= 15 is 0 Å². The fourth-order valence-corrected chi connectivity index (χ4v) is 2.00. The van der Waals surface area contributed by atoms with Gasteiger partial charge in [-0.15, -0.1) is 0 Å². The Morgan fingerprint density at radius 3 is 2.43 bits per heavy atom. The van der Waals surface area contributed by atoms with E-state index in [9.17, 15) is 4.79 Å². The maximum atomic E-state index is 11.8. The average Bonchev–Trinajstić information content (AvgIpc) is 2.67. The fourth-order valence-electron chi connectivity index (χ4n) is 1.90. The molecule has 0 bridgehead atoms. The first kappa shape index (κ1) is 11.4. The van der Waals surface area contributed by atoms with Crippen molar-refractivity contribution < 1.29 is 4.79 Å². The Bertz CT molecular complexity index is 236. The third kappa shape index (κ3) is 2.44. The summed E-state index contributed by atoms with van der Waals surface area (Å²) >= 11 is 4.82. The summed E-state index contributed by atoms with van der Waals surface area (Å²) < 4.78 is 0. The monoisotopic (exact) mass is 214 g/mol. The number of thiocarbonyl (C=S) groups is 1. The van der Waals surface area contributed by atoms with E-state index in [4.69, 9.17) is 18.0 Å². The van der Waals surface area contributed by atoms with Gasteiger partial charge in [0.25, 0.3) is 0 Å². The molecule has 80 valence electrons. The van der Waals surface area contributed by atoms with E-state index in [0.29, 0.717) is 11.0 Å². The Hall–Kier alpha value is -0.640. The highest BCUT2D eigenvalue weighted by molar-refractivity contribution is 7.80. The zero-order chi connectivity index (χ0) is 10.7. The molecule has 1 fully saturated rings. The van der Waals surface area contributed by atoms with Crippen LogP contribution < -0.4 is 5.73 Å². The summed E-state index contributed by atoms with van der Waals surface area (Å²) in [7, 11) is 1.85. The number of hydrogen-bond donors (Lipinski definition) is 1. The summed E-state index contributed by atoms with van der Waals surface area (Å²) in [6.07, 6.45) is 4.69. The molecule has 1 saturated carbocycles. The zero-order valence-corrected chi connectivity index (χ0v) is 9.64. The molecule has 0 heterocycles. The molecule has 14 heavy (non-hydrogen) atoms. The molecule has 0 aromatic heterocycles. The van der Waals surface area contributed by atoms with E-state index in [0.717, 1.165) is 12.8 Å². The largest absolute Gasteiger partial charge is 0.393 e. The molecule has 0 radical (unpaired) electrons. The van der Waals surface area contributed by atoms with Crippen LogP contribution in [0.3, 0.4) is 0 Å². The van der Waals surface area contributed by atoms with Gasteiger partial charge in [-0.2, -0.15) is 0 Å². The highest BCUT2D eigenvalue weighted by Gasteiger charge is 2.27. The predicted molar refractivity (Wildman–Crippen MR) is 61.0 cm³/mol. The van der Waals surface area contributed by atoms with Crippen LogP contribution in [0.15, 0.2) is 0 Å². The number of nitrogens with two attached hydrogens (primary N) is 1. The van der Waals surface area contributed by atoms with Gasteiger partial charge >= 0.3 is 0 Å². The second-order valence-electron chi connectivity index (χ2n) is 4.01. The summed E-state index contributed by atoms with van der Waals surface area (Å²) in [6.45, 7) is 1.77. The first-order chi connectivity index (χ1) is 6.54. The lowest BCUT2D eigenvalue weighted by Crippen LogP contribution is -2.42. The van der Waals surface area contributed by atoms with Crippen molar-refractivity contribution in [1.82, 2.24) is 4.90 Å². The lowest BCUT2D eigenvalue weighted by atomic mass is 10.1. The number of carbonyl (C=O) groups is 1. The Kier molecular flexibility index (Phi) is 3.86. The van der Waals surface area contributed by atoms with Crippen molar-refractivity contribution in [1.29, 1.82) is 0 Å². The van der Waals surface area contributed by atoms with E-state index < -0.39 is 0 Å². The van der Waals surface area contributed by atoms with E-state index in [1.54, 1.807) is 6.92 Å². The molecule has 0 saturated heterocycles. The van der Waals surface area contributed by atoms with Gasteiger partial charge in [0.1, 0.15) is 0 Å². The summed E-state index contributed by atoms with van der Waals surface area (Å²) in [5.41, 5.74) is 5.46. The highest BCUT2D eigenvalue weighted by Crippen LogP contribution is 2.23. The highest BCUT2D eigenvalue weighted by atomic mass is 32.1. The van der Waals surface area contributed by atoms with Crippen molar-refractivity contribution in [2.45, 2.75) is 38.6 Å². The normalized spacial score (nSPS) is 19.3. The molecule has 1 amide bonds. The van der Waals surface area contributed by atoms with Gasteiger partial charge in [0.2, 0.25) is 5.91 Å². The molecule has 1 unspecified atom stereocenters. The van der Waals surface area contributed by atoms with E-state index in [2.05, 4.69) is 0 Å². The van der Waals surface area contributed by atoms with E-state index in [1.807, 2.05) is 11.9 Å². The molecule has 3 nitrogen and oxygen atoms in total. The van der Waals surface area contributed by atoms with Gasteiger partial charge in [-0.25, -0.2) is 0 Å². The van der Waals surface area contributed by atoms with Crippen molar-refractivity contribution in [2.75, 3.05) is 7.05 Å². The van der Waals surface area contributed by atoms with Crippen molar-refractivity contribution in [2.24, 2.45) is 11.7 Å². The van der Waals surface area contributed by atoms with Gasteiger partial charge in [-0.3, -0.25) is 4.79 Å². The van der Waals surface area contributed by atoms with Crippen LogP contribution in [0.25, 0.3) is 0 Å². The van der Waals surface area contributed by atoms with E-state index in [1.165, 1.54) is 12.8 Å². The fraction of sp³-hybridized carbons (Fsp3) is 0.800. The summed E-state index contributed by atoms with van der Waals surface area (Å²) in [4.78, 5) is 13.9. The molecule has 4 heteroatoms. The molecule has 2 N–H and O–H groups in total. The molecule has 1 aliphatic carbocycles. The summed E-state index contributed by atoms with van der Waals surface area (Å²) in [5.74, 6) is -0.264. The Morgan fingerprint density at radius 2 is 2.00 bits per heavy atom. The van der Waals surface area contributed by atoms with Crippen LogP contribution in [0.4, 0.5) is 0 Å². The molecule has 0 spiro atoms. The van der Waals surface area contributed by atoms with Crippen molar-refractivity contribution in [3.8, 4) is 0 Å². The Labute approximate surface area is 90.6 Å². The maximum absolute atomic E-state index is 11.8. The average molecular weight is 214 g/mol. The van der Waals surface area contributed by atoms with Crippen LogP contribution in [0.1, 0.15) is 32.6 Å². The third-order valence-corrected chi connectivity index (χ3v) is 3.37. The quantitative estimate of drug-likeness (QED) is 0.721. The number of nitrogens with zero attached hydrogens (tertiary/aromatic N) is 1. The maximum Gasteiger partial charge on any atom is 0.232 e. The Balaban J connectivity index is 2.54. The standard InChI is InChI=1S/C10H18N2OS/c1-7(9(11)14)10(13)12(2)8-5-3-4-6-8/h7-8H,3-6H2,1-2H3,(H2,11,14). The minimum absolute atomic E-state index is 0.0596. The van der Waals surface area contributed by atoms with Gasteiger partial charge in [0, 0.05) is 13.1 Å². The van der Waals surface area contributed by atoms with Crippen LogP contribution in [-0.4, -0.2) is 28.9 Å². The van der Waals surface area contributed by atoms with Gasteiger partial charge in [-0.1, -0.05) is 25.1 Å². The topological polar surface area (TPSA) is 46.3 Å². The number of carbonyl (C=O) groups excluding carboxylic acids is 1. The molecule has 0 aromatic rings. The van der Waals surface area contributed by atoms with Crippen LogP contribution in [0.2, 0.25) is 0 Å². The first-order valence-corrected chi connectivity index (χ1v) is 5.51. The molecule has 0 aromatic carbocycles. The lowest BCUT2D eigenvalue weighted by Gasteiger charge is -2.26. The molecule has 1 aliphatic rings. The van der Waals surface area contributed by atoms with Crippen LogP contribution in [-0.2, 0) is 4.79 Å². The summed E-state index contributed by atoms with van der Waals surface area (Å²) in [6, 6.07) is 0.402. The molecular formula is C10H18N2OS. The molecule has 1 atom stereocenters. The predicted octanol–water partition coefficient (Wildman–Crippen LogP) is 1.31. The minimum atomic E-state index is -0.324. The SMILES string of the molecule is CC(C(=O)N(C)C1CCCC1)C(N)=S. The van der Waals surface area contributed by atoms with Gasteiger partial charge in [0.05, 0.1) is 10.9 Å². The molecule has 1 rings (SSSR count). The zero-order valence-electron chi connectivity index (χ0n) is 8.82. The lowest BCUT2D eigenvalue weighted by molar-refractivity contribution is -0.133. The van der Waals surface area contributed by atoms with Crippen molar-refractivity contribution in [3.63, 3.8) is 0 Å². The number of amides is 1. The Morgan fingerprint density at radius 1 is 1.50 bits per heavy atom. The molecular weight excluding hydrogens is 196 g/mol. The third-order valence-electron chi connectivity index (χ3n) is 3.02. The molecule has 0 aliphatic heterocycles. The van der Waals surface area contributed by atoms with Gasteiger partial charge in [0.15, 0.2) is 0 Å². The van der Waals surface area contributed by atoms with Crippen LogP contribution in [0.5, 0.6) is 0 Å². The van der Waals surface area contributed by atoms with Crippen molar-refractivity contribution in [3.05, 3.63) is 0 Å². The van der Waals surface area contributed by atoms with Crippen LogP contribution >= 0.6 is 12.2 Å². The smallest absolute Gasteiger partial charge is 0.232 e. The second kappa shape index (κ2) is 4.73. The van der Waals surface area contributed by atoms with Crippen molar-refractivity contribution >= 4 is 23.1 Å².